The van der Waals surface area contributed by atoms with Crippen molar-refractivity contribution in [1.29, 1.82) is 0 Å². The molecule has 1 aromatic rings. The lowest BCUT2D eigenvalue weighted by atomic mass is 10.0. The van der Waals surface area contributed by atoms with Crippen molar-refractivity contribution in [2.45, 2.75) is 18.6 Å². The van der Waals surface area contributed by atoms with E-state index in [1.165, 1.54) is 12.1 Å². The van der Waals surface area contributed by atoms with E-state index in [0.717, 1.165) is 12.1 Å². The predicted molar refractivity (Wildman–Crippen MR) is 55.7 cm³/mol. The quantitative estimate of drug-likeness (QED) is 0.845. The van der Waals surface area contributed by atoms with Crippen molar-refractivity contribution in [2.24, 2.45) is 0 Å². The van der Waals surface area contributed by atoms with Crippen LogP contribution in [0.2, 0.25) is 0 Å². The number of alkyl halides is 3. The first-order valence-corrected chi connectivity index (χ1v) is 6.60. The molecule has 0 aromatic heterocycles. The molecule has 1 aliphatic rings. The number of sulfonamides is 1. The summed E-state index contributed by atoms with van der Waals surface area (Å²) in [5, 5.41) is 0. The van der Waals surface area contributed by atoms with Crippen molar-refractivity contribution < 1.29 is 21.6 Å². The molecule has 1 aliphatic heterocycles. The summed E-state index contributed by atoms with van der Waals surface area (Å²) in [5.74, 6) is -0.0477. The minimum atomic E-state index is -4.41. The largest absolute Gasteiger partial charge is 0.416 e. The summed E-state index contributed by atoms with van der Waals surface area (Å²) < 4.78 is 62.1. The van der Waals surface area contributed by atoms with Gasteiger partial charge in [-0.05, 0) is 24.1 Å². The van der Waals surface area contributed by atoms with Crippen LogP contribution < -0.4 is 4.72 Å². The molecule has 7 heteroatoms. The summed E-state index contributed by atoms with van der Waals surface area (Å²) in [6, 6.07) is 4.17. The summed E-state index contributed by atoms with van der Waals surface area (Å²) in [5.41, 5.74) is -0.415. The zero-order valence-corrected chi connectivity index (χ0v) is 9.48. The van der Waals surface area contributed by atoms with Gasteiger partial charge in [0, 0.05) is 6.04 Å². The number of hydrogen-bond acceptors (Lipinski definition) is 2. The van der Waals surface area contributed by atoms with Gasteiger partial charge in [0.15, 0.2) is 0 Å². The van der Waals surface area contributed by atoms with Crippen molar-refractivity contribution in [3.05, 3.63) is 35.4 Å². The Morgan fingerprint density at radius 3 is 2.53 bits per heavy atom. The van der Waals surface area contributed by atoms with Crippen molar-refractivity contribution in [1.82, 2.24) is 4.72 Å². The van der Waals surface area contributed by atoms with Crippen molar-refractivity contribution in [3.63, 3.8) is 0 Å². The lowest BCUT2D eigenvalue weighted by molar-refractivity contribution is -0.137. The predicted octanol–water partition coefficient (Wildman–Crippen LogP) is 2.07. The van der Waals surface area contributed by atoms with Gasteiger partial charge in [-0.15, -0.1) is 0 Å². The normalized spacial score (nSPS) is 23.8. The lowest BCUT2D eigenvalue weighted by Crippen LogP contribution is -2.20. The van der Waals surface area contributed by atoms with E-state index in [1.807, 2.05) is 0 Å². The topological polar surface area (TPSA) is 46.2 Å². The molecule has 1 heterocycles. The Balaban J connectivity index is 2.29. The van der Waals surface area contributed by atoms with Crippen molar-refractivity contribution in [3.8, 4) is 0 Å². The van der Waals surface area contributed by atoms with E-state index in [1.54, 1.807) is 0 Å². The van der Waals surface area contributed by atoms with E-state index in [2.05, 4.69) is 4.72 Å². The molecule has 3 nitrogen and oxygen atoms in total. The van der Waals surface area contributed by atoms with Crippen LogP contribution in [0.3, 0.4) is 0 Å². The Hall–Kier alpha value is -1.08. The van der Waals surface area contributed by atoms with Crippen molar-refractivity contribution in [2.75, 3.05) is 5.75 Å². The van der Waals surface area contributed by atoms with E-state index in [-0.39, 0.29) is 5.75 Å². The molecule has 1 unspecified atom stereocenters. The molecule has 0 saturated carbocycles. The highest BCUT2D eigenvalue weighted by molar-refractivity contribution is 7.89. The van der Waals surface area contributed by atoms with Crippen LogP contribution in [0, 0.1) is 0 Å². The highest BCUT2D eigenvalue weighted by Crippen LogP contribution is 2.32. The fourth-order valence-corrected chi connectivity index (χ4v) is 3.13. The maximum atomic E-state index is 12.5. The highest BCUT2D eigenvalue weighted by Gasteiger charge is 2.33. The molecule has 2 rings (SSSR count). The Labute approximate surface area is 96.7 Å². The van der Waals surface area contributed by atoms with E-state index in [9.17, 15) is 21.6 Å². The summed E-state index contributed by atoms with van der Waals surface area (Å²) in [4.78, 5) is 0. The Morgan fingerprint density at radius 2 is 2.00 bits per heavy atom. The second kappa shape index (κ2) is 3.99. The summed E-state index contributed by atoms with van der Waals surface area (Å²) in [6.45, 7) is 0. The molecule has 0 aliphatic carbocycles. The zero-order valence-electron chi connectivity index (χ0n) is 8.66. The van der Waals surface area contributed by atoms with Gasteiger partial charge in [-0.2, -0.15) is 13.2 Å². The maximum absolute atomic E-state index is 12.5. The Bertz CT molecular complexity index is 525. The summed E-state index contributed by atoms with van der Waals surface area (Å²) in [6.07, 6.45) is -4.11. The van der Waals surface area contributed by atoms with E-state index in [0.29, 0.717) is 12.0 Å². The van der Waals surface area contributed by atoms with Gasteiger partial charge in [-0.1, -0.05) is 12.1 Å². The molecular formula is C10H10F3NO2S. The molecule has 0 spiro atoms. The average molecular weight is 265 g/mol. The van der Waals surface area contributed by atoms with Gasteiger partial charge < -0.3 is 0 Å². The van der Waals surface area contributed by atoms with Crippen LogP contribution in [0.15, 0.2) is 24.3 Å². The smallest absolute Gasteiger partial charge is 0.212 e. The molecule has 0 radical (unpaired) electrons. The number of benzene rings is 1. The van der Waals surface area contributed by atoms with Gasteiger partial charge in [0.2, 0.25) is 10.0 Å². The summed E-state index contributed by atoms with van der Waals surface area (Å²) >= 11 is 0. The Morgan fingerprint density at radius 1 is 1.29 bits per heavy atom. The summed E-state index contributed by atoms with van der Waals surface area (Å²) in [7, 11) is -3.32. The van der Waals surface area contributed by atoms with Crippen LogP contribution in [0.1, 0.15) is 23.6 Å². The van der Waals surface area contributed by atoms with Gasteiger partial charge in [0.25, 0.3) is 0 Å². The molecule has 0 bridgehead atoms. The van der Waals surface area contributed by atoms with Crippen LogP contribution in [0.25, 0.3) is 0 Å². The fraction of sp³-hybridized carbons (Fsp3) is 0.400. The van der Waals surface area contributed by atoms with Crippen LogP contribution in [-0.4, -0.2) is 14.2 Å². The number of nitrogens with one attached hydrogen (secondary N) is 1. The first-order valence-electron chi connectivity index (χ1n) is 4.95. The molecule has 1 N–H and O–H groups in total. The Kier molecular flexibility index (Phi) is 2.90. The monoisotopic (exact) mass is 265 g/mol. The second-order valence-corrected chi connectivity index (χ2v) is 5.77. The molecule has 17 heavy (non-hydrogen) atoms. The molecule has 1 saturated heterocycles. The standard InChI is InChI=1S/C10H10F3NO2S/c11-10(12,13)8-3-1-2-7(6-8)9-4-5-17(15,16)14-9/h1-3,6,9,14H,4-5H2. The SMILES string of the molecule is O=S1(=O)CCC(c2cccc(C(F)(F)F)c2)N1. The minimum absolute atomic E-state index is 0.0477. The van der Waals surface area contributed by atoms with Crippen LogP contribution >= 0.6 is 0 Å². The van der Waals surface area contributed by atoms with Crippen LogP contribution in [0.4, 0.5) is 13.2 Å². The second-order valence-electron chi connectivity index (χ2n) is 3.90. The third-order valence-electron chi connectivity index (χ3n) is 2.61. The molecule has 1 fully saturated rings. The van der Waals surface area contributed by atoms with Crippen LogP contribution in [-0.2, 0) is 16.2 Å². The zero-order chi connectivity index (χ0) is 12.7. The number of hydrogen-bond donors (Lipinski definition) is 1. The minimum Gasteiger partial charge on any atom is -0.212 e. The highest BCUT2D eigenvalue weighted by atomic mass is 32.2. The van der Waals surface area contributed by atoms with Gasteiger partial charge in [-0.3, -0.25) is 0 Å². The molecule has 1 aromatic carbocycles. The third kappa shape index (κ3) is 2.78. The first-order chi connectivity index (χ1) is 7.78. The maximum Gasteiger partial charge on any atom is 0.416 e. The van der Waals surface area contributed by atoms with E-state index in [4.69, 9.17) is 0 Å². The van der Waals surface area contributed by atoms with Crippen molar-refractivity contribution >= 4 is 10.0 Å². The average Bonchev–Trinajstić information content (AvgIpc) is 2.58. The van der Waals surface area contributed by atoms with Gasteiger partial charge >= 0.3 is 6.18 Å². The lowest BCUT2D eigenvalue weighted by Gasteiger charge is -2.12. The van der Waals surface area contributed by atoms with E-state index >= 15 is 0 Å². The first kappa shape index (κ1) is 12.4. The molecule has 94 valence electrons. The van der Waals surface area contributed by atoms with Crippen LogP contribution in [0.5, 0.6) is 0 Å². The third-order valence-corrected chi connectivity index (χ3v) is 4.03. The van der Waals surface area contributed by atoms with E-state index < -0.39 is 27.8 Å². The molecular weight excluding hydrogens is 255 g/mol. The number of halogens is 3. The molecule has 1 atom stereocenters. The molecule has 0 amide bonds. The van der Waals surface area contributed by atoms with Gasteiger partial charge in [0.05, 0.1) is 11.3 Å². The number of rotatable bonds is 1. The van der Waals surface area contributed by atoms with Gasteiger partial charge in [-0.25, -0.2) is 13.1 Å². The van der Waals surface area contributed by atoms with Gasteiger partial charge in [0.1, 0.15) is 0 Å². The fourth-order valence-electron chi connectivity index (χ4n) is 1.77.